The number of nitrogens with zero attached hydrogens (tertiary/aromatic N) is 3. The molecule has 1 N–H and O–H groups in total. The van der Waals surface area contributed by atoms with Gasteiger partial charge in [0.25, 0.3) is 0 Å². The van der Waals surface area contributed by atoms with Gasteiger partial charge >= 0.3 is 0 Å². The first-order valence-corrected chi connectivity index (χ1v) is 7.54. The van der Waals surface area contributed by atoms with Crippen molar-refractivity contribution in [1.82, 2.24) is 9.55 Å². The van der Waals surface area contributed by atoms with Crippen LogP contribution in [0.4, 0.5) is 5.95 Å². The molecule has 1 aliphatic rings. The van der Waals surface area contributed by atoms with E-state index in [-0.39, 0.29) is 5.91 Å². The molecule has 0 spiro atoms. The van der Waals surface area contributed by atoms with Gasteiger partial charge in [0.05, 0.1) is 30.3 Å². The van der Waals surface area contributed by atoms with Crippen LogP contribution in [0.3, 0.4) is 0 Å². The molecule has 0 fully saturated rings. The maximum absolute atomic E-state index is 12.4. The Hall–Kier alpha value is -3.33. The maximum atomic E-state index is 12.4. The van der Waals surface area contributed by atoms with Crippen molar-refractivity contribution in [2.75, 3.05) is 12.4 Å². The Morgan fingerprint density at radius 1 is 1.25 bits per heavy atom. The number of fused-ring (bicyclic) bond motifs is 3. The zero-order chi connectivity index (χ0) is 16.7. The summed E-state index contributed by atoms with van der Waals surface area (Å²) < 4.78 is 7.21. The molecule has 0 aliphatic carbocycles. The van der Waals surface area contributed by atoms with E-state index in [1.165, 1.54) is 0 Å². The molecule has 24 heavy (non-hydrogen) atoms. The number of hydrogen-bond acceptors (Lipinski definition) is 4. The van der Waals surface area contributed by atoms with Crippen molar-refractivity contribution in [2.45, 2.75) is 6.04 Å². The monoisotopic (exact) mass is 318 g/mol. The van der Waals surface area contributed by atoms with Crippen LogP contribution in [0.1, 0.15) is 11.6 Å². The average molecular weight is 318 g/mol. The second-order valence-electron chi connectivity index (χ2n) is 5.61. The molecule has 2 heterocycles. The Morgan fingerprint density at radius 2 is 2.08 bits per heavy atom. The molecular weight excluding hydrogens is 304 g/mol. The normalized spacial score (nSPS) is 19.4. The largest absolute Gasteiger partial charge is 0.497 e. The van der Waals surface area contributed by atoms with Crippen LogP contribution in [-0.2, 0) is 4.79 Å². The lowest BCUT2D eigenvalue weighted by atomic mass is 9.91. The van der Waals surface area contributed by atoms with Gasteiger partial charge in [-0.3, -0.25) is 10.1 Å². The standard InChI is InChI=1S/C18H14N4O2/c1-24-12-6-4-5-11(9-12)16-13(10-19)17(23)21-18-20-14-7-2-3-8-15(14)22(16)18/h2-9,13,16H,1H3,(H,20,21,23)/t13-,16-/m1/s1. The highest BCUT2D eigenvalue weighted by atomic mass is 16.5. The number of benzene rings is 2. The zero-order valence-electron chi connectivity index (χ0n) is 12.9. The van der Waals surface area contributed by atoms with Crippen molar-refractivity contribution in [2.24, 2.45) is 5.92 Å². The molecule has 1 aromatic heterocycles. The molecule has 2 aromatic carbocycles. The van der Waals surface area contributed by atoms with Gasteiger partial charge in [0.1, 0.15) is 5.75 Å². The van der Waals surface area contributed by atoms with Gasteiger partial charge in [0.2, 0.25) is 11.9 Å². The first kappa shape index (κ1) is 14.3. The van der Waals surface area contributed by atoms with Crippen LogP contribution in [0.2, 0.25) is 0 Å². The summed E-state index contributed by atoms with van der Waals surface area (Å²) in [5.41, 5.74) is 2.49. The minimum absolute atomic E-state index is 0.340. The smallest absolute Gasteiger partial charge is 0.246 e. The molecule has 0 radical (unpaired) electrons. The number of nitriles is 1. The van der Waals surface area contributed by atoms with Crippen molar-refractivity contribution < 1.29 is 9.53 Å². The lowest BCUT2D eigenvalue weighted by Gasteiger charge is -2.30. The van der Waals surface area contributed by atoms with Crippen molar-refractivity contribution >= 4 is 22.9 Å². The molecule has 2 atom stereocenters. The fraction of sp³-hybridized carbons (Fsp3) is 0.167. The fourth-order valence-electron chi connectivity index (χ4n) is 3.19. The number of rotatable bonds is 2. The van der Waals surface area contributed by atoms with Gasteiger partial charge in [-0.25, -0.2) is 4.98 Å². The van der Waals surface area contributed by atoms with Crippen molar-refractivity contribution in [3.05, 3.63) is 54.1 Å². The molecule has 0 saturated heterocycles. The predicted molar refractivity (Wildman–Crippen MR) is 88.6 cm³/mol. The SMILES string of the molecule is COc1cccc([C@@H]2[C@@H](C#N)C(=O)Nc3nc4ccccc4n32)c1. The van der Waals surface area contributed by atoms with Gasteiger partial charge in [-0.15, -0.1) is 0 Å². The molecule has 0 saturated carbocycles. The Morgan fingerprint density at radius 3 is 2.88 bits per heavy atom. The van der Waals surface area contributed by atoms with Crippen LogP contribution in [0.5, 0.6) is 5.75 Å². The van der Waals surface area contributed by atoms with Gasteiger partial charge in [0, 0.05) is 0 Å². The van der Waals surface area contributed by atoms with E-state index >= 15 is 0 Å². The Kier molecular flexibility index (Phi) is 3.21. The summed E-state index contributed by atoms with van der Waals surface area (Å²) in [6.45, 7) is 0. The van der Waals surface area contributed by atoms with Crippen molar-refractivity contribution in [3.8, 4) is 11.8 Å². The second kappa shape index (κ2) is 5.39. The zero-order valence-corrected chi connectivity index (χ0v) is 12.9. The molecular formula is C18H14N4O2. The van der Waals surface area contributed by atoms with E-state index in [4.69, 9.17) is 4.74 Å². The number of amides is 1. The van der Waals surface area contributed by atoms with Crippen molar-refractivity contribution in [1.29, 1.82) is 5.26 Å². The number of para-hydroxylation sites is 2. The Bertz CT molecular complexity index is 986. The number of imidazole rings is 1. The number of aromatic nitrogens is 2. The highest BCUT2D eigenvalue weighted by molar-refractivity contribution is 5.97. The topological polar surface area (TPSA) is 79.9 Å². The molecule has 118 valence electrons. The molecule has 1 aliphatic heterocycles. The number of carbonyl (C=O) groups is 1. The molecule has 4 rings (SSSR count). The van der Waals surface area contributed by atoms with Crippen LogP contribution in [-0.4, -0.2) is 22.6 Å². The third-order valence-corrected chi connectivity index (χ3v) is 4.28. The number of methoxy groups -OCH3 is 1. The first-order valence-electron chi connectivity index (χ1n) is 7.54. The third kappa shape index (κ3) is 2.02. The summed E-state index contributed by atoms with van der Waals surface area (Å²) in [7, 11) is 1.59. The minimum Gasteiger partial charge on any atom is -0.497 e. The molecule has 1 amide bonds. The van der Waals surface area contributed by atoms with E-state index in [9.17, 15) is 10.1 Å². The quantitative estimate of drug-likeness (QED) is 0.788. The third-order valence-electron chi connectivity index (χ3n) is 4.28. The Balaban J connectivity index is 1.99. The molecule has 6 heteroatoms. The van der Waals surface area contributed by atoms with E-state index in [1.807, 2.05) is 53.1 Å². The molecule has 3 aromatic rings. The summed E-state index contributed by atoms with van der Waals surface area (Å²) in [6.07, 6.45) is 0. The number of carbonyl (C=O) groups excluding carboxylic acids is 1. The Labute approximate surface area is 138 Å². The number of ether oxygens (including phenoxy) is 1. The number of hydrogen-bond donors (Lipinski definition) is 1. The van der Waals surface area contributed by atoms with Gasteiger partial charge in [0.15, 0.2) is 5.92 Å². The number of nitrogens with one attached hydrogen (secondary N) is 1. The highest BCUT2D eigenvalue weighted by Gasteiger charge is 2.38. The summed E-state index contributed by atoms with van der Waals surface area (Å²) in [5, 5.41) is 12.3. The van der Waals surface area contributed by atoms with Gasteiger partial charge in [-0.05, 0) is 29.8 Å². The van der Waals surface area contributed by atoms with E-state index in [0.29, 0.717) is 11.7 Å². The maximum Gasteiger partial charge on any atom is 0.246 e. The predicted octanol–water partition coefficient (Wildman–Crippen LogP) is 2.73. The van der Waals surface area contributed by atoms with Gasteiger partial charge in [-0.2, -0.15) is 5.26 Å². The van der Waals surface area contributed by atoms with Crippen LogP contribution >= 0.6 is 0 Å². The molecule has 0 unspecified atom stereocenters. The lowest BCUT2D eigenvalue weighted by Crippen LogP contribution is -2.37. The van der Waals surface area contributed by atoms with Crippen LogP contribution < -0.4 is 10.1 Å². The summed E-state index contributed by atoms with van der Waals surface area (Å²) in [5.74, 6) is -0.0444. The highest BCUT2D eigenvalue weighted by Crippen LogP contribution is 2.38. The molecule has 6 nitrogen and oxygen atoms in total. The van der Waals surface area contributed by atoms with Crippen LogP contribution in [0, 0.1) is 17.2 Å². The lowest BCUT2D eigenvalue weighted by molar-refractivity contribution is -0.119. The van der Waals surface area contributed by atoms with E-state index in [0.717, 1.165) is 16.6 Å². The number of anilines is 1. The van der Waals surface area contributed by atoms with E-state index in [2.05, 4.69) is 16.4 Å². The second-order valence-corrected chi connectivity index (χ2v) is 5.61. The summed E-state index contributed by atoms with van der Waals surface area (Å²) >= 11 is 0. The van der Waals surface area contributed by atoms with Gasteiger partial charge < -0.3 is 9.30 Å². The van der Waals surface area contributed by atoms with Crippen LogP contribution in [0.25, 0.3) is 11.0 Å². The van der Waals surface area contributed by atoms with E-state index in [1.54, 1.807) is 7.11 Å². The molecule has 0 bridgehead atoms. The summed E-state index contributed by atoms with van der Waals surface area (Å²) in [6, 6.07) is 16.7. The average Bonchev–Trinajstić information content (AvgIpc) is 2.98. The first-order chi connectivity index (χ1) is 11.7. The summed E-state index contributed by atoms with van der Waals surface area (Å²) in [4.78, 5) is 16.9. The fourth-order valence-corrected chi connectivity index (χ4v) is 3.19. The minimum atomic E-state index is -0.845. The van der Waals surface area contributed by atoms with Crippen molar-refractivity contribution in [3.63, 3.8) is 0 Å². The van der Waals surface area contributed by atoms with Crippen LogP contribution in [0.15, 0.2) is 48.5 Å². The van der Waals surface area contributed by atoms with Gasteiger partial charge in [-0.1, -0.05) is 24.3 Å². The van der Waals surface area contributed by atoms with E-state index < -0.39 is 12.0 Å².